The van der Waals surface area contributed by atoms with Crippen molar-refractivity contribution in [3.8, 4) is 11.5 Å². The summed E-state index contributed by atoms with van der Waals surface area (Å²) in [4.78, 5) is 25.7. The molecule has 0 aromatic heterocycles. The van der Waals surface area contributed by atoms with E-state index in [-0.39, 0.29) is 29.3 Å². The number of benzene rings is 2. The first-order chi connectivity index (χ1) is 15.2. The van der Waals surface area contributed by atoms with Crippen LogP contribution in [0.1, 0.15) is 30.5 Å². The van der Waals surface area contributed by atoms with Crippen LogP contribution in [-0.4, -0.2) is 42.0 Å². The molecule has 0 radical (unpaired) electrons. The third-order valence-electron chi connectivity index (χ3n) is 5.29. The number of ether oxygens (including phenoxy) is 3. The van der Waals surface area contributed by atoms with Gasteiger partial charge in [0.1, 0.15) is 11.5 Å². The van der Waals surface area contributed by atoms with E-state index in [0.717, 1.165) is 5.57 Å². The maximum atomic E-state index is 13.1. The maximum Gasteiger partial charge on any atom is 0.375 e. The molecule has 0 unspecified atom stereocenters. The average Bonchev–Trinajstić information content (AvgIpc) is 3.05. The highest BCUT2D eigenvalue weighted by Crippen LogP contribution is 2.44. The average molecular weight is 438 g/mol. The summed E-state index contributed by atoms with van der Waals surface area (Å²) >= 11 is 0. The number of rotatable bonds is 7. The van der Waals surface area contributed by atoms with E-state index >= 15 is 0 Å². The van der Waals surface area contributed by atoms with E-state index in [1.165, 1.54) is 26.4 Å². The van der Waals surface area contributed by atoms with Gasteiger partial charge in [-0.2, -0.15) is 0 Å². The molecule has 1 aliphatic heterocycles. The molecule has 1 heterocycles. The number of phenols is 2. The molecule has 0 amide bonds. The molecule has 2 aromatic carbocycles. The minimum Gasteiger partial charge on any atom is -0.508 e. The molecule has 0 aliphatic carbocycles. The first-order valence-electron chi connectivity index (χ1n) is 10.1. The molecule has 1 atom stereocenters. The van der Waals surface area contributed by atoms with Gasteiger partial charge in [-0.05, 0) is 55.2 Å². The second-order valence-electron chi connectivity index (χ2n) is 7.79. The first-order valence-corrected chi connectivity index (χ1v) is 10.1. The van der Waals surface area contributed by atoms with Crippen LogP contribution in [0, 0.1) is 0 Å². The van der Waals surface area contributed by atoms with Gasteiger partial charge in [0.15, 0.2) is 0 Å². The fourth-order valence-corrected chi connectivity index (χ4v) is 3.74. The van der Waals surface area contributed by atoms with Crippen molar-refractivity contribution < 1.29 is 34.0 Å². The van der Waals surface area contributed by atoms with Crippen molar-refractivity contribution in [3.05, 3.63) is 76.6 Å². The molecule has 0 fully saturated rings. The Morgan fingerprint density at radius 1 is 1.09 bits per heavy atom. The Morgan fingerprint density at radius 2 is 1.78 bits per heavy atom. The minimum absolute atomic E-state index is 0.0312. The molecule has 0 bridgehead atoms. The third kappa shape index (κ3) is 4.32. The zero-order chi connectivity index (χ0) is 23.5. The molecule has 7 nitrogen and oxygen atoms in total. The quantitative estimate of drug-likeness (QED) is 0.502. The number of hydrogen-bond donors (Lipinski definition) is 2. The third-order valence-corrected chi connectivity index (χ3v) is 5.29. The summed E-state index contributed by atoms with van der Waals surface area (Å²) in [6.45, 7) is 3.93. The topological polar surface area (TPSA) is 102 Å². The molecule has 0 saturated carbocycles. The molecule has 168 valence electrons. The minimum atomic E-state index is -1.79. The Labute approximate surface area is 186 Å². The van der Waals surface area contributed by atoms with Crippen molar-refractivity contribution in [2.45, 2.75) is 32.3 Å². The number of aromatic hydroxyl groups is 2. The van der Waals surface area contributed by atoms with Gasteiger partial charge in [0.25, 0.3) is 0 Å². The summed E-state index contributed by atoms with van der Waals surface area (Å²) in [5.74, 6) is -1.49. The van der Waals surface area contributed by atoms with Gasteiger partial charge >= 0.3 is 11.9 Å². The van der Waals surface area contributed by atoms with E-state index in [2.05, 4.69) is 0 Å². The SMILES string of the molecule is COC(=O)[C@@]1(Cc2ccc(O)c(CC=C(C)C)c2)OC(=O)C(OC)=C1c1ccc(O)cc1. The number of allylic oxidation sites excluding steroid dienone is 2. The largest absolute Gasteiger partial charge is 0.508 e. The molecular weight excluding hydrogens is 412 g/mol. The van der Waals surface area contributed by atoms with Gasteiger partial charge < -0.3 is 24.4 Å². The Kier molecular flexibility index (Phi) is 6.58. The van der Waals surface area contributed by atoms with Crippen molar-refractivity contribution in [1.29, 1.82) is 0 Å². The van der Waals surface area contributed by atoms with Crippen molar-refractivity contribution in [2.75, 3.05) is 14.2 Å². The number of phenolic OH excluding ortho intramolecular Hbond substituents is 2. The van der Waals surface area contributed by atoms with Crippen LogP contribution in [0.15, 0.2) is 59.9 Å². The number of cyclic esters (lactones) is 1. The van der Waals surface area contributed by atoms with E-state index in [1.807, 2.05) is 19.9 Å². The van der Waals surface area contributed by atoms with Crippen LogP contribution in [0.2, 0.25) is 0 Å². The molecule has 0 spiro atoms. The van der Waals surface area contributed by atoms with Crippen LogP contribution in [0.3, 0.4) is 0 Å². The molecular formula is C25H26O7. The normalized spacial score (nSPS) is 17.7. The number of carbonyl (C=O) groups is 2. The second-order valence-corrected chi connectivity index (χ2v) is 7.79. The molecule has 32 heavy (non-hydrogen) atoms. The summed E-state index contributed by atoms with van der Waals surface area (Å²) in [5.41, 5.74) is 1.34. The van der Waals surface area contributed by atoms with Crippen molar-refractivity contribution >= 4 is 17.5 Å². The number of methoxy groups -OCH3 is 2. The molecule has 3 rings (SSSR count). The highest BCUT2D eigenvalue weighted by Gasteiger charge is 2.56. The smallest absolute Gasteiger partial charge is 0.375 e. The van der Waals surface area contributed by atoms with Crippen LogP contribution in [0.5, 0.6) is 11.5 Å². The zero-order valence-corrected chi connectivity index (χ0v) is 18.5. The van der Waals surface area contributed by atoms with Crippen LogP contribution in [-0.2, 0) is 36.6 Å². The Balaban J connectivity index is 2.14. The van der Waals surface area contributed by atoms with E-state index < -0.39 is 17.5 Å². The number of carbonyl (C=O) groups excluding carboxylic acids is 2. The van der Waals surface area contributed by atoms with Crippen molar-refractivity contribution in [1.82, 2.24) is 0 Å². The first kappa shape index (κ1) is 22.9. The van der Waals surface area contributed by atoms with Crippen molar-refractivity contribution in [2.24, 2.45) is 0 Å². The van der Waals surface area contributed by atoms with E-state index in [4.69, 9.17) is 14.2 Å². The van der Waals surface area contributed by atoms with Gasteiger partial charge in [-0.25, -0.2) is 9.59 Å². The lowest BCUT2D eigenvalue weighted by Crippen LogP contribution is -2.44. The Hall–Kier alpha value is -3.74. The van der Waals surface area contributed by atoms with Crippen LogP contribution in [0.25, 0.3) is 5.57 Å². The molecule has 7 heteroatoms. The second kappa shape index (κ2) is 9.18. The highest BCUT2D eigenvalue weighted by molar-refractivity contribution is 6.11. The van der Waals surface area contributed by atoms with Crippen molar-refractivity contribution in [3.63, 3.8) is 0 Å². The van der Waals surface area contributed by atoms with Gasteiger partial charge in [-0.1, -0.05) is 35.9 Å². The van der Waals surface area contributed by atoms with E-state index in [0.29, 0.717) is 23.1 Å². The summed E-state index contributed by atoms with van der Waals surface area (Å²) < 4.78 is 16.0. The van der Waals surface area contributed by atoms with Gasteiger partial charge in [0, 0.05) is 6.42 Å². The van der Waals surface area contributed by atoms with Gasteiger partial charge in [0.05, 0.1) is 19.8 Å². The Bertz CT molecular complexity index is 1090. The van der Waals surface area contributed by atoms with Gasteiger partial charge in [-0.15, -0.1) is 0 Å². The van der Waals surface area contributed by atoms with Gasteiger partial charge in [0.2, 0.25) is 11.4 Å². The fourth-order valence-electron chi connectivity index (χ4n) is 3.74. The number of esters is 2. The summed E-state index contributed by atoms with van der Waals surface area (Å²) in [6, 6.07) is 11.0. The zero-order valence-electron chi connectivity index (χ0n) is 18.5. The molecule has 1 aliphatic rings. The molecule has 0 saturated heterocycles. The van der Waals surface area contributed by atoms with E-state index in [9.17, 15) is 19.8 Å². The number of hydrogen-bond acceptors (Lipinski definition) is 7. The Morgan fingerprint density at radius 3 is 2.38 bits per heavy atom. The lowest BCUT2D eigenvalue weighted by Gasteiger charge is -2.28. The standard InChI is InChI=1S/C25H26O7/c1-15(2)5-7-18-13-16(6-12-20(18)27)14-25(24(29)31-4)21(22(30-3)23(28)32-25)17-8-10-19(26)11-9-17/h5-6,8-13,26-27H,7,14H2,1-4H3/t25-/m0/s1. The monoisotopic (exact) mass is 438 g/mol. The summed E-state index contributed by atoms with van der Waals surface area (Å²) in [7, 11) is 2.54. The predicted octanol–water partition coefficient (Wildman–Crippen LogP) is 3.68. The molecule has 2 aromatic rings. The van der Waals surface area contributed by atoms with Gasteiger partial charge in [-0.3, -0.25) is 0 Å². The lowest BCUT2D eigenvalue weighted by atomic mass is 9.83. The van der Waals surface area contributed by atoms with Crippen LogP contribution < -0.4 is 0 Å². The van der Waals surface area contributed by atoms with Crippen LogP contribution in [0.4, 0.5) is 0 Å². The molecule has 2 N–H and O–H groups in total. The lowest BCUT2D eigenvalue weighted by molar-refractivity contribution is -0.169. The highest BCUT2D eigenvalue weighted by atomic mass is 16.6. The van der Waals surface area contributed by atoms with E-state index in [1.54, 1.807) is 30.3 Å². The maximum absolute atomic E-state index is 13.1. The fraction of sp³-hybridized carbons (Fsp3) is 0.280. The van der Waals surface area contributed by atoms with Crippen LogP contribution >= 0.6 is 0 Å². The summed E-state index contributed by atoms with van der Waals surface area (Å²) in [5, 5.41) is 19.9. The summed E-state index contributed by atoms with van der Waals surface area (Å²) in [6.07, 6.45) is 2.46. The predicted molar refractivity (Wildman–Crippen MR) is 118 cm³/mol.